The number of hydrogen-bond acceptors (Lipinski definition) is 5. The second-order valence-electron chi connectivity index (χ2n) is 4.90. The van der Waals surface area contributed by atoms with Crippen LogP contribution in [0.4, 0.5) is 0 Å². The first-order valence-electron chi connectivity index (χ1n) is 5.55. The summed E-state index contributed by atoms with van der Waals surface area (Å²) in [5.74, 6) is 0. The summed E-state index contributed by atoms with van der Waals surface area (Å²) >= 11 is 1.24. The van der Waals surface area contributed by atoms with Crippen molar-refractivity contribution in [3.05, 3.63) is 16.3 Å². The van der Waals surface area contributed by atoms with Crippen LogP contribution in [0.25, 0.3) is 0 Å². The number of nitrogens with zero attached hydrogens (tertiary/aromatic N) is 1. The van der Waals surface area contributed by atoms with Gasteiger partial charge in [0.25, 0.3) is 0 Å². The van der Waals surface area contributed by atoms with E-state index in [9.17, 15) is 8.42 Å². The molecule has 2 N–H and O–H groups in total. The van der Waals surface area contributed by atoms with Crippen molar-refractivity contribution in [1.29, 1.82) is 0 Å². The van der Waals surface area contributed by atoms with Crippen molar-refractivity contribution >= 4 is 21.4 Å². The zero-order chi connectivity index (χ0) is 14.0. The van der Waals surface area contributed by atoms with E-state index in [4.69, 9.17) is 5.11 Å². The molecule has 7 heteroatoms. The third kappa shape index (κ3) is 3.52. The van der Waals surface area contributed by atoms with Crippen LogP contribution < -0.4 is 4.72 Å². The van der Waals surface area contributed by atoms with Gasteiger partial charge in [0.2, 0.25) is 10.0 Å². The lowest BCUT2D eigenvalue weighted by Crippen LogP contribution is -2.48. The van der Waals surface area contributed by atoms with E-state index in [0.717, 1.165) is 0 Å². The number of aliphatic hydroxyl groups excluding tert-OH is 1. The van der Waals surface area contributed by atoms with Crippen molar-refractivity contribution in [3.8, 4) is 0 Å². The topological polar surface area (TPSA) is 69.6 Å². The first-order valence-corrected chi connectivity index (χ1v) is 7.91. The highest BCUT2D eigenvalue weighted by atomic mass is 32.2. The van der Waals surface area contributed by atoms with E-state index in [1.807, 2.05) is 32.8 Å². The normalized spacial score (nSPS) is 13.2. The van der Waals surface area contributed by atoms with Gasteiger partial charge >= 0.3 is 0 Å². The fourth-order valence-corrected chi connectivity index (χ4v) is 3.69. The van der Waals surface area contributed by atoms with E-state index < -0.39 is 10.0 Å². The summed E-state index contributed by atoms with van der Waals surface area (Å²) in [5, 5.41) is 10.8. The molecule has 1 aromatic heterocycles. The van der Waals surface area contributed by atoms with E-state index in [2.05, 4.69) is 4.72 Å². The quantitative estimate of drug-likeness (QED) is 0.816. The SMILES string of the molecule is CN(C)C(C)(C)CNS(=O)(=O)c1ccsc1CO. The molecule has 0 fully saturated rings. The Bertz CT molecular complexity index is 492. The summed E-state index contributed by atoms with van der Waals surface area (Å²) in [6.07, 6.45) is 0. The van der Waals surface area contributed by atoms with Crippen LogP contribution in [0.5, 0.6) is 0 Å². The summed E-state index contributed by atoms with van der Waals surface area (Å²) in [6.45, 7) is 3.96. The average Bonchev–Trinajstić information content (AvgIpc) is 2.75. The molecule has 18 heavy (non-hydrogen) atoms. The fourth-order valence-electron chi connectivity index (χ4n) is 1.19. The fraction of sp³-hybridized carbons (Fsp3) is 0.636. The Labute approximate surface area is 112 Å². The van der Waals surface area contributed by atoms with Crippen molar-refractivity contribution in [2.24, 2.45) is 0 Å². The molecule has 0 amide bonds. The molecule has 0 aliphatic heterocycles. The summed E-state index contributed by atoms with van der Waals surface area (Å²) in [6, 6.07) is 1.52. The van der Waals surface area contributed by atoms with Gasteiger partial charge in [0.1, 0.15) is 0 Å². The molecule has 0 spiro atoms. The molecule has 0 unspecified atom stereocenters. The first-order chi connectivity index (χ1) is 8.20. The molecule has 0 atom stereocenters. The molecule has 0 saturated carbocycles. The Hall–Kier alpha value is -0.470. The highest BCUT2D eigenvalue weighted by Crippen LogP contribution is 2.22. The van der Waals surface area contributed by atoms with Crippen molar-refractivity contribution in [2.45, 2.75) is 30.9 Å². The molecule has 1 heterocycles. The van der Waals surface area contributed by atoms with E-state index in [1.54, 1.807) is 5.38 Å². The molecule has 1 rings (SSSR count). The van der Waals surface area contributed by atoms with Crippen LogP contribution in [0.1, 0.15) is 18.7 Å². The summed E-state index contributed by atoms with van der Waals surface area (Å²) < 4.78 is 26.8. The van der Waals surface area contributed by atoms with E-state index >= 15 is 0 Å². The van der Waals surface area contributed by atoms with Crippen LogP contribution in [-0.4, -0.2) is 44.6 Å². The predicted molar refractivity (Wildman–Crippen MR) is 73.2 cm³/mol. The van der Waals surface area contributed by atoms with Gasteiger partial charge < -0.3 is 10.0 Å². The van der Waals surface area contributed by atoms with Gasteiger partial charge in [-0.3, -0.25) is 0 Å². The molecule has 104 valence electrons. The maximum Gasteiger partial charge on any atom is 0.241 e. The van der Waals surface area contributed by atoms with Gasteiger partial charge in [-0.1, -0.05) is 0 Å². The van der Waals surface area contributed by atoms with Crippen LogP contribution in [0.2, 0.25) is 0 Å². The third-order valence-corrected chi connectivity index (χ3v) is 5.56. The Balaban J connectivity index is 2.84. The van der Waals surface area contributed by atoms with Crippen molar-refractivity contribution in [3.63, 3.8) is 0 Å². The minimum atomic E-state index is -3.55. The lowest BCUT2D eigenvalue weighted by atomic mass is 10.1. The molecule has 1 aromatic rings. The number of hydrogen-bond donors (Lipinski definition) is 2. The number of nitrogens with one attached hydrogen (secondary N) is 1. The number of likely N-dealkylation sites (N-methyl/N-ethyl adjacent to an activating group) is 1. The number of thiophene rings is 1. The summed E-state index contributed by atoms with van der Waals surface area (Å²) in [5.41, 5.74) is -0.275. The summed E-state index contributed by atoms with van der Waals surface area (Å²) in [4.78, 5) is 2.59. The zero-order valence-electron chi connectivity index (χ0n) is 11.1. The Morgan fingerprint density at radius 1 is 1.44 bits per heavy atom. The monoisotopic (exact) mass is 292 g/mol. The minimum Gasteiger partial charge on any atom is -0.391 e. The van der Waals surface area contributed by atoms with Crippen molar-refractivity contribution < 1.29 is 13.5 Å². The highest BCUT2D eigenvalue weighted by Gasteiger charge is 2.25. The number of rotatable bonds is 6. The highest BCUT2D eigenvalue weighted by molar-refractivity contribution is 7.89. The smallest absolute Gasteiger partial charge is 0.241 e. The Kier molecular flexibility index (Phi) is 4.90. The van der Waals surface area contributed by atoms with Crippen LogP contribution in [0.3, 0.4) is 0 Å². The average molecular weight is 292 g/mol. The lowest BCUT2D eigenvalue weighted by Gasteiger charge is -2.32. The molecular weight excluding hydrogens is 272 g/mol. The van der Waals surface area contributed by atoms with E-state index in [-0.39, 0.29) is 17.0 Å². The molecule has 0 aliphatic carbocycles. The standard InChI is InChI=1S/C11H20N2O3S2/c1-11(2,13(3)4)8-12-18(15,16)10-5-6-17-9(10)7-14/h5-6,12,14H,7-8H2,1-4H3. The van der Waals surface area contributed by atoms with Crippen molar-refractivity contribution in [1.82, 2.24) is 9.62 Å². The van der Waals surface area contributed by atoms with Gasteiger partial charge in [-0.25, -0.2) is 13.1 Å². The number of sulfonamides is 1. The van der Waals surface area contributed by atoms with E-state index in [0.29, 0.717) is 11.4 Å². The van der Waals surface area contributed by atoms with Gasteiger partial charge in [-0.15, -0.1) is 11.3 Å². The van der Waals surface area contributed by atoms with Gasteiger partial charge in [-0.2, -0.15) is 0 Å². The lowest BCUT2D eigenvalue weighted by molar-refractivity contribution is 0.199. The minimum absolute atomic E-state index is 0.171. The van der Waals surface area contributed by atoms with Crippen LogP contribution >= 0.6 is 11.3 Å². The van der Waals surface area contributed by atoms with Gasteiger partial charge in [0, 0.05) is 17.0 Å². The molecule has 0 saturated heterocycles. The maximum absolute atomic E-state index is 12.1. The molecule has 0 bridgehead atoms. The third-order valence-electron chi connectivity index (χ3n) is 3.04. The zero-order valence-corrected chi connectivity index (χ0v) is 12.7. The van der Waals surface area contributed by atoms with E-state index in [1.165, 1.54) is 17.4 Å². The first kappa shape index (κ1) is 15.6. The predicted octanol–water partition coefficient (Wildman–Crippen LogP) is 0.859. The van der Waals surface area contributed by atoms with Crippen LogP contribution in [0, 0.1) is 0 Å². The molecule has 0 aliphatic rings. The van der Waals surface area contributed by atoms with Crippen LogP contribution in [-0.2, 0) is 16.6 Å². The largest absolute Gasteiger partial charge is 0.391 e. The van der Waals surface area contributed by atoms with Gasteiger partial charge in [0.05, 0.1) is 11.5 Å². The molecular formula is C11H20N2O3S2. The summed E-state index contributed by atoms with van der Waals surface area (Å²) in [7, 11) is 0.249. The Morgan fingerprint density at radius 2 is 2.06 bits per heavy atom. The Morgan fingerprint density at radius 3 is 2.56 bits per heavy atom. The number of aliphatic hydroxyl groups is 1. The second-order valence-corrected chi connectivity index (χ2v) is 7.63. The maximum atomic E-state index is 12.1. The molecule has 0 radical (unpaired) electrons. The molecule has 5 nitrogen and oxygen atoms in total. The second kappa shape index (κ2) is 5.66. The van der Waals surface area contributed by atoms with Crippen LogP contribution in [0.15, 0.2) is 16.3 Å². The van der Waals surface area contributed by atoms with Crippen molar-refractivity contribution in [2.75, 3.05) is 20.6 Å². The molecule has 0 aromatic carbocycles. The van der Waals surface area contributed by atoms with Gasteiger partial charge in [-0.05, 0) is 39.4 Å². The van der Waals surface area contributed by atoms with Gasteiger partial charge in [0.15, 0.2) is 0 Å².